The van der Waals surface area contributed by atoms with Gasteiger partial charge in [-0.3, -0.25) is 15.0 Å². The van der Waals surface area contributed by atoms with Crippen LogP contribution in [-0.2, 0) is 16.1 Å². The minimum Gasteiger partial charge on any atom is -0.445 e. The number of carbonyl (C=O) groups is 1. The molecular formula is C32H27N3O4S. The molecule has 0 aromatic heterocycles. The topological polar surface area (TPSA) is 96.5 Å². The predicted molar refractivity (Wildman–Crippen MR) is 155 cm³/mol. The van der Waals surface area contributed by atoms with E-state index in [0.717, 1.165) is 16.7 Å². The van der Waals surface area contributed by atoms with Gasteiger partial charge in [0.25, 0.3) is 5.69 Å². The van der Waals surface area contributed by atoms with Gasteiger partial charge in [0.1, 0.15) is 12.6 Å². The van der Waals surface area contributed by atoms with Gasteiger partial charge < -0.3 is 4.74 Å². The highest BCUT2D eigenvalue weighted by Gasteiger charge is 2.44. The van der Waals surface area contributed by atoms with Crippen molar-refractivity contribution in [1.29, 1.82) is 5.26 Å². The zero-order valence-corrected chi connectivity index (χ0v) is 22.4. The molecule has 1 saturated heterocycles. The van der Waals surface area contributed by atoms with Crippen LogP contribution in [0.1, 0.15) is 28.7 Å². The molecule has 1 heterocycles. The smallest absolute Gasteiger partial charge is 0.411 e. The van der Waals surface area contributed by atoms with Crippen molar-refractivity contribution in [2.75, 3.05) is 6.54 Å². The molecular weight excluding hydrogens is 522 g/mol. The number of benzene rings is 4. The molecule has 0 saturated carbocycles. The highest BCUT2D eigenvalue weighted by molar-refractivity contribution is 8.01. The summed E-state index contributed by atoms with van der Waals surface area (Å²) in [7, 11) is 0. The summed E-state index contributed by atoms with van der Waals surface area (Å²) >= 11 is 1.75. The number of nitrogens with zero attached hydrogens (tertiary/aromatic N) is 3. The molecule has 200 valence electrons. The van der Waals surface area contributed by atoms with Gasteiger partial charge in [0.15, 0.2) is 0 Å². The van der Waals surface area contributed by atoms with Crippen molar-refractivity contribution in [3.63, 3.8) is 0 Å². The van der Waals surface area contributed by atoms with E-state index < -0.39 is 21.8 Å². The lowest BCUT2D eigenvalue weighted by atomic mass is 9.84. The van der Waals surface area contributed by atoms with Gasteiger partial charge >= 0.3 is 6.09 Å². The van der Waals surface area contributed by atoms with Crippen LogP contribution in [0.25, 0.3) is 0 Å². The molecule has 0 aliphatic carbocycles. The number of non-ortho nitro benzene ring substituents is 1. The maximum Gasteiger partial charge on any atom is 0.411 e. The van der Waals surface area contributed by atoms with Crippen LogP contribution in [0.3, 0.4) is 0 Å². The number of nitro benzene ring substituents is 1. The number of amides is 1. The van der Waals surface area contributed by atoms with Crippen LogP contribution in [-0.4, -0.2) is 33.8 Å². The van der Waals surface area contributed by atoms with Crippen LogP contribution in [0.5, 0.6) is 0 Å². The number of rotatable bonds is 8. The molecule has 0 radical (unpaired) electrons. The Morgan fingerprint density at radius 2 is 1.40 bits per heavy atom. The van der Waals surface area contributed by atoms with E-state index in [9.17, 15) is 20.2 Å². The summed E-state index contributed by atoms with van der Waals surface area (Å²) in [5.74, 6) is 0. The summed E-state index contributed by atoms with van der Waals surface area (Å²) in [4.78, 5) is 25.0. The molecule has 4 aromatic carbocycles. The monoisotopic (exact) mass is 549 g/mol. The standard InChI is InChI=1S/C32H27N3O4S/c33-21-29-20-30(22-34(29)31(36)39-23-24-16-18-28(19-17-24)35(37)38)40-32(25-10-4-1-5-11-25,26-12-6-2-7-13-26)27-14-8-3-9-15-27/h1-19,29-30H,20,22-23H2. The van der Waals surface area contributed by atoms with E-state index in [1.807, 2.05) is 54.6 Å². The molecule has 1 amide bonds. The zero-order valence-electron chi connectivity index (χ0n) is 21.6. The third kappa shape index (κ3) is 5.56. The van der Waals surface area contributed by atoms with Crippen molar-refractivity contribution in [2.24, 2.45) is 0 Å². The minimum absolute atomic E-state index is 0.0298. The summed E-state index contributed by atoms with van der Waals surface area (Å²) in [6.45, 7) is 0.321. The highest BCUT2D eigenvalue weighted by Crippen LogP contribution is 2.52. The van der Waals surface area contributed by atoms with E-state index in [1.165, 1.54) is 17.0 Å². The van der Waals surface area contributed by atoms with Crippen LogP contribution < -0.4 is 0 Å². The maximum absolute atomic E-state index is 13.1. The first kappa shape index (κ1) is 27.0. The Morgan fingerprint density at radius 3 is 1.85 bits per heavy atom. The molecule has 7 nitrogen and oxygen atoms in total. The molecule has 5 rings (SSSR count). The second-order valence-corrected chi connectivity index (χ2v) is 11.0. The Morgan fingerprint density at radius 1 is 0.900 bits per heavy atom. The molecule has 0 spiro atoms. The van der Waals surface area contributed by atoms with Crippen molar-refractivity contribution in [3.8, 4) is 6.07 Å². The van der Waals surface area contributed by atoms with E-state index in [1.54, 1.807) is 23.9 Å². The predicted octanol–water partition coefficient (Wildman–Crippen LogP) is 6.92. The Bertz CT molecular complexity index is 1400. The Hall–Kier alpha value is -4.61. The SMILES string of the molecule is N#CC1CC(SC(c2ccccc2)(c2ccccc2)c2ccccc2)CN1C(=O)OCc1ccc([N+](=O)[O-])cc1. The second kappa shape index (κ2) is 12.1. The lowest BCUT2D eigenvalue weighted by molar-refractivity contribution is -0.384. The molecule has 8 heteroatoms. The second-order valence-electron chi connectivity index (χ2n) is 9.53. The number of nitriles is 1. The van der Waals surface area contributed by atoms with Crippen molar-refractivity contribution >= 4 is 23.5 Å². The van der Waals surface area contributed by atoms with Gasteiger partial charge in [-0.2, -0.15) is 5.26 Å². The fraction of sp³-hybridized carbons (Fsp3) is 0.188. The number of ether oxygens (including phenoxy) is 1. The third-order valence-corrected chi connectivity index (χ3v) is 8.78. The first-order valence-electron chi connectivity index (χ1n) is 12.9. The highest BCUT2D eigenvalue weighted by atomic mass is 32.2. The van der Waals surface area contributed by atoms with Crippen molar-refractivity contribution in [2.45, 2.75) is 29.1 Å². The molecule has 1 aliphatic rings. The summed E-state index contributed by atoms with van der Waals surface area (Å²) in [6, 6.07) is 38.5. The van der Waals surface area contributed by atoms with Crippen LogP contribution in [0.2, 0.25) is 0 Å². The third-order valence-electron chi connectivity index (χ3n) is 7.04. The molecule has 1 fully saturated rings. The first-order chi connectivity index (χ1) is 19.5. The van der Waals surface area contributed by atoms with Crippen molar-refractivity contribution in [1.82, 2.24) is 4.90 Å². The van der Waals surface area contributed by atoms with E-state index in [-0.39, 0.29) is 17.5 Å². The Kier molecular flexibility index (Phi) is 8.13. The number of hydrogen-bond acceptors (Lipinski definition) is 6. The molecule has 0 N–H and O–H groups in total. The summed E-state index contributed by atoms with van der Waals surface area (Å²) < 4.78 is 4.97. The average molecular weight is 550 g/mol. The van der Waals surface area contributed by atoms with Gasteiger partial charge in [0, 0.05) is 23.9 Å². The van der Waals surface area contributed by atoms with Crippen LogP contribution in [0.15, 0.2) is 115 Å². The number of hydrogen-bond donors (Lipinski definition) is 0. The number of likely N-dealkylation sites (tertiary alicyclic amines) is 1. The summed E-state index contributed by atoms with van der Waals surface area (Å²) in [5, 5.41) is 20.8. The molecule has 0 bridgehead atoms. The van der Waals surface area contributed by atoms with Crippen molar-refractivity contribution in [3.05, 3.63) is 148 Å². The maximum atomic E-state index is 13.1. The normalized spacial score (nSPS) is 16.7. The summed E-state index contributed by atoms with van der Waals surface area (Å²) in [5.41, 5.74) is 3.95. The van der Waals surface area contributed by atoms with Gasteiger partial charge in [-0.15, -0.1) is 11.8 Å². The molecule has 2 atom stereocenters. The van der Waals surface area contributed by atoms with Gasteiger partial charge in [-0.05, 0) is 40.8 Å². The molecule has 2 unspecified atom stereocenters. The number of thioether (sulfide) groups is 1. The minimum atomic E-state index is -0.623. The van der Waals surface area contributed by atoms with Crippen LogP contribution in [0, 0.1) is 21.4 Å². The van der Waals surface area contributed by atoms with E-state index in [4.69, 9.17) is 4.74 Å². The largest absolute Gasteiger partial charge is 0.445 e. The quantitative estimate of drug-likeness (QED) is 0.134. The molecule has 40 heavy (non-hydrogen) atoms. The van der Waals surface area contributed by atoms with Crippen LogP contribution in [0.4, 0.5) is 10.5 Å². The lowest BCUT2D eigenvalue weighted by Crippen LogP contribution is -2.36. The van der Waals surface area contributed by atoms with Crippen molar-refractivity contribution < 1.29 is 14.5 Å². The number of carbonyl (C=O) groups excluding carboxylic acids is 1. The van der Waals surface area contributed by atoms with Gasteiger partial charge in [0.2, 0.25) is 0 Å². The van der Waals surface area contributed by atoms with Gasteiger partial charge in [-0.1, -0.05) is 91.0 Å². The fourth-order valence-electron chi connectivity index (χ4n) is 5.12. The molecule has 4 aromatic rings. The lowest BCUT2D eigenvalue weighted by Gasteiger charge is -2.37. The van der Waals surface area contributed by atoms with Gasteiger partial charge in [0.05, 0.1) is 15.7 Å². The van der Waals surface area contributed by atoms with E-state index >= 15 is 0 Å². The first-order valence-corrected chi connectivity index (χ1v) is 13.8. The number of nitro groups is 1. The Labute approximate surface area is 237 Å². The molecule has 1 aliphatic heterocycles. The summed E-state index contributed by atoms with van der Waals surface area (Å²) in [6.07, 6.45) is -0.0695. The Balaban J connectivity index is 1.41. The van der Waals surface area contributed by atoms with Gasteiger partial charge in [-0.25, -0.2) is 4.79 Å². The van der Waals surface area contributed by atoms with E-state index in [0.29, 0.717) is 18.5 Å². The van der Waals surface area contributed by atoms with E-state index in [2.05, 4.69) is 42.5 Å². The fourth-order valence-corrected chi connectivity index (χ4v) is 6.95. The van der Waals surface area contributed by atoms with Crippen LogP contribution >= 0.6 is 11.8 Å². The average Bonchev–Trinajstić information content (AvgIpc) is 3.43. The zero-order chi connectivity index (χ0) is 28.0.